The fourth-order valence-electron chi connectivity index (χ4n) is 1.99. The average molecular weight is 327 g/mol. The monoisotopic (exact) mass is 326 g/mol. The highest BCUT2D eigenvalue weighted by Gasteiger charge is 2.10. The van der Waals surface area contributed by atoms with Crippen LogP contribution in [-0.4, -0.2) is 12.9 Å². The van der Waals surface area contributed by atoms with Gasteiger partial charge in [0.2, 0.25) is 0 Å². The van der Waals surface area contributed by atoms with Gasteiger partial charge in [0, 0.05) is 22.9 Å². The number of ether oxygens (including phenoxy) is 1. The first-order valence-corrected chi connectivity index (χ1v) is 7.03. The van der Waals surface area contributed by atoms with Gasteiger partial charge in [0.25, 0.3) is 0 Å². The number of rotatable bonds is 5. The Bertz CT molecular complexity index is 671. The summed E-state index contributed by atoms with van der Waals surface area (Å²) in [5.41, 5.74) is 1.31. The maximum atomic E-state index is 13.6. The molecular formula is C16H13Cl2FO2. The van der Waals surface area contributed by atoms with Gasteiger partial charge in [-0.15, -0.1) is 0 Å². The summed E-state index contributed by atoms with van der Waals surface area (Å²) in [6, 6.07) is 9.48. The molecule has 0 aromatic heterocycles. The van der Waals surface area contributed by atoms with Gasteiger partial charge in [0.1, 0.15) is 5.78 Å². The van der Waals surface area contributed by atoms with Crippen molar-refractivity contribution in [3.8, 4) is 5.75 Å². The van der Waals surface area contributed by atoms with E-state index in [-0.39, 0.29) is 24.4 Å². The van der Waals surface area contributed by atoms with Crippen LogP contribution < -0.4 is 4.74 Å². The van der Waals surface area contributed by atoms with Crippen molar-refractivity contribution in [1.82, 2.24) is 0 Å². The molecule has 0 aliphatic carbocycles. The maximum absolute atomic E-state index is 13.6. The molecule has 2 nitrogen and oxygen atoms in total. The molecule has 0 amide bonds. The number of carbonyl (C=O) groups excluding carboxylic acids is 1. The third kappa shape index (κ3) is 4.19. The topological polar surface area (TPSA) is 26.3 Å². The molecule has 0 heterocycles. The van der Waals surface area contributed by atoms with Crippen LogP contribution in [0.2, 0.25) is 10.0 Å². The van der Waals surface area contributed by atoms with Gasteiger partial charge in [-0.3, -0.25) is 4.79 Å². The minimum absolute atomic E-state index is 0.0520. The zero-order valence-electron chi connectivity index (χ0n) is 11.3. The SMILES string of the molecule is COc1ccc(CC(=O)Cc2ccc(Cl)cc2Cl)cc1F. The molecule has 0 saturated heterocycles. The predicted octanol–water partition coefficient (Wildman–Crippen LogP) is 4.50. The molecule has 0 unspecified atom stereocenters. The third-order valence-electron chi connectivity index (χ3n) is 3.02. The van der Waals surface area contributed by atoms with Crippen LogP contribution in [0.5, 0.6) is 5.75 Å². The molecule has 0 fully saturated rings. The van der Waals surface area contributed by atoms with Gasteiger partial charge in [0.15, 0.2) is 11.6 Å². The Kier molecular flexibility index (Phi) is 5.21. The second-order valence-corrected chi connectivity index (χ2v) is 5.44. The largest absolute Gasteiger partial charge is 0.494 e. The van der Waals surface area contributed by atoms with Crippen LogP contribution in [0.25, 0.3) is 0 Å². The molecule has 5 heteroatoms. The van der Waals surface area contributed by atoms with Gasteiger partial charge in [-0.2, -0.15) is 0 Å². The van der Waals surface area contributed by atoms with E-state index in [1.165, 1.54) is 19.2 Å². The molecule has 0 N–H and O–H groups in total. The Morgan fingerprint density at radius 3 is 2.52 bits per heavy atom. The van der Waals surface area contributed by atoms with E-state index in [4.69, 9.17) is 27.9 Å². The quantitative estimate of drug-likeness (QED) is 0.808. The lowest BCUT2D eigenvalue weighted by Crippen LogP contribution is -2.07. The van der Waals surface area contributed by atoms with E-state index in [2.05, 4.69) is 0 Å². The van der Waals surface area contributed by atoms with E-state index < -0.39 is 5.82 Å². The number of methoxy groups -OCH3 is 1. The molecule has 110 valence electrons. The van der Waals surface area contributed by atoms with Crippen molar-refractivity contribution in [2.45, 2.75) is 12.8 Å². The van der Waals surface area contributed by atoms with Crippen molar-refractivity contribution in [3.63, 3.8) is 0 Å². The zero-order chi connectivity index (χ0) is 15.4. The van der Waals surface area contributed by atoms with Crippen molar-refractivity contribution < 1.29 is 13.9 Å². The first kappa shape index (κ1) is 15.8. The Morgan fingerprint density at radius 2 is 1.90 bits per heavy atom. The molecule has 2 rings (SSSR count). The molecule has 0 bridgehead atoms. The van der Waals surface area contributed by atoms with Crippen LogP contribution in [0.4, 0.5) is 4.39 Å². The lowest BCUT2D eigenvalue weighted by atomic mass is 10.0. The summed E-state index contributed by atoms with van der Waals surface area (Å²) in [5, 5.41) is 0.977. The fourth-order valence-corrected chi connectivity index (χ4v) is 2.46. The van der Waals surface area contributed by atoms with Crippen LogP contribution in [0.1, 0.15) is 11.1 Å². The van der Waals surface area contributed by atoms with Crippen LogP contribution in [0.3, 0.4) is 0 Å². The standard InChI is InChI=1S/C16H13Cl2FO2/c1-21-16-5-2-10(7-15(16)19)6-13(20)8-11-3-4-12(17)9-14(11)18/h2-5,7,9H,6,8H2,1H3. The normalized spacial score (nSPS) is 10.5. The van der Waals surface area contributed by atoms with Crippen LogP contribution >= 0.6 is 23.2 Å². The van der Waals surface area contributed by atoms with Crippen molar-refractivity contribution in [2.75, 3.05) is 7.11 Å². The highest BCUT2D eigenvalue weighted by molar-refractivity contribution is 6.35. The molecule has 2 aromatic carbocycles. The van der Waals surface area contributed by atoms with Crippen molar-refractivity contribution in [3.05, 3.63) is 63.4 Å². The fraction of sp³-hybridized carbons (Fsp3) is 0.188. The van der Waals surface area contributed by atoms with Gasteiger partial charge in [-0.25, -0.2) is 4.39 Å². The first-order valence-electron chi connectivity index (χ1n) is 6.27. The zero-order valence-corrected chi connectivity index (χ0v) is 12.8. The molecule has 0 atom stereocenters. The lowest BCUT2D eigenvalue weighted by molar-refractivity contribution is -0.117. The Hall–Kier alpha value is -1.58. The van der Waals surface area contributed by atoms with Crippen molar-refractivity contribution in [2.24, 2.45) is 0 Å². The average Bonchev–Trinajstić information content (AvgIpc) is 2.42. The number of hydrogen-bond donors (Lipinski definition) is 0. The maximum Gasteiger partial charge on any atom is 0.165 e. The molecule has 0 aliphatic heterocycles. The summed E-state index contributed by atoms with van der Waals surface area (Å²) in [5.74, 6) is -0.372. The van der Waals surface area contributed by atoms with Gasteiger partial charge in [0.05, 0.1) is 7.11 Å². The van der Waals surface area contributed by atoms with Crippen LogP contribution in [0.15, 0.2) is 36.4 Å². The van der Waals surface area contributed by atoms with E-state index in [1.54, 1.807) is 24.3 Å². The van der Waals surface area contributed by atoms with Crippen LogP contribution in [-0.2, 0) is 17.6 Å². The number of hydrogen-bond acceptors (Lipinski definition) is 2. The minimum atomic E-state index is -0.479. The van der Waals surface area contributed by atoms with Gasteiger partial charge in [-0.1, -0.05) is 35.3 Å². The number of Topliss-reactive ketones (excluding diaryl/α,β-unsaturated/α-hetero) is 1. The summed E-state index contributed by atoms with van der Waals surface area (Å²) in [4.78, 5) is 12.0. The molecular weight excluding hydrogens is 314 g/mol. The van der Waals surface area contributed by atoms with Gasteiger partial charge >= 0.3 is 0 Å². The highest BCUT2D eigenvalue weighted by Crippen LogP contribution is 2.22. The second-order valence-electron chi connectivity index (χ2n) is 4.60. The van der Waals surface area contributed by atoms with E-state index in [9.17, 15) is 9.18 Å². The number of halogens is 3. The predicted molar refractivity (Wildman–Crippen MR) is 81.8 cm³/mol. The number of carbonyl (C=O) groups is 1. The van der Waals surface area contributed by atoms with Crippen LogP contribution in [0, 0.1) is 5.82 Å². The summed E-state index contributed by atoms with van der Waals surface area (Å²) >= 11 is 11.8. The van der Waals surface area contributed by atoms with Gasteiger partial charge < -0.3 is 4.74 Å². The minimum Gasteiger partial charge on any atom is -0.494 e. The van der Waals surface area contributed by atoms with E-state index in [0.717, 1.165) is 0 Å². The summed E-state index contributed by atoms with van der Waals surface area (Å²) in [7, 11) is 1.39. The Labute approximate surface area is 132 Å². The Balaban J connectivity index is 2.06. The molecule has 0 spiro atoms. The molecule has 0 radical (unpaired) electrons. The number of benzene rings is 2. The first-order chi connectivity index (χ1) is 9.99. The van der Waals surface area contributed by atoms with E-state index in [1.807, 2.05) is 0 Å². The highest BCUT2D eigenvalue weighted by atomic mass is 35.5. The summed E-state index contributed by atoms with van der Waals surface area (Å²) in [6.45, 7) is 0. The van der Waals surface area contributed by atoms with Gasteiger partial charge in [-0.05, 0) is 35.4 Å². The molecule has 21 heavy (non-hydrogen) atoms. The van der Waals surface area contributed by atoms with Crippen molar-refractivity contribution in [1.29, 1.82) is 0 Å². The van der Waals surface area contributed by atoms with E-state index >= 15 is 0 Å². The lowest BCUT2D eigenvalue weighted by Gasteiger charge is -2.06. The van der Waals surface area contributed by atoms with Crippen molar-refractivity contribution >= 4 is 29.0 Å². The second kappa shape index (κ2) is 6.92. The summed E-state index contributed by atoms with van der Waals surface area (Å²) in [6.07, 6.45) is 0.323. The Morgan fingerprint density at radius 1 is 1.14 bits per heavy atom. The third-order valence-corrected chi connectivity index (χ3v) is 3.61. The molecule has 0 saturated carbocycles. The molecule has 0 aliphatic rings. The number of ketones is 1. The summed E-state index contributed by atoms with van der Waals surface area (Å²) < 4.78 is 18.4. The van der Waals surface area contributed by atoms with E-state index in [0.29, 0.717) is 21.2 Å². The smallest absolute Gasteiger partial charge is 0.165 e. The molecule has 2 aromatic rings.